The number of rotatable bonds is 3. The Labute approximate surface area is 128 Å². The van der Waals surface area contributed by atoms with E-state index in [0.717, 1.165) is 30.4 Å². The predicted molar refractivity (Wildman–Crippen MR) is 83.6 cm³/mol. The summed E-state index contributed by atoms with van der Waals surface area (Å²) in [5.41, 5.74) is 1.28. The van der Waals surface area contributed by atoms with Crippen molar-refractivity contribution in [2.45, 2.75) is 31.7 Å². The zero-order valence-corrected chi connectivity index (χ0v) is 13.3. The smallest absolute Gasteiger partial charge is 0.223 e. The van der Waals surface area contributed by atoms with Crippen LogP contribution in [-0.4, -0.2) is 25.0 Å². The van der Waals surface area contributed by atoms with Crippen LogP contribution in [0.5, 0.6) is 0 Å². The first-order chi connectivity index (χ1) is 9.65. The third-order valence-corrected chi connectivity index (χ3v) is 5.01. The molecule has 1 aromatic rings. The standard InChI is InChI=1S/C16H21BrN2O/c1-10-9-18-6-5-15(10)19-16(20)14-8-13(14)11-3-2-4-12(17)7-11/h2-4,7,10,13-15,18H,5-6,8-9H2,1H3,(H,19,20). The van der Waals surface area contributed by atoms with Crippen molar-refractivity contribution in [3.05, 3.63) is 34.3 Å². The molecule has 0 spiro atoms. The van der Waals surface area contributed by atoms with Crippen LogP contribution in [0.1, 0.15) is 31.2 Å². The molecule has 3 nitrogen and oxygen atoms in total. The summed E-state index contributed by atoms with van der Waals surface area (Å²) in [6.45, 7) is 4.22. The van der Waals surface area contributed by atoms with Crippen LogP contribution in [0, 0.1) is 11.8 Å². The highest BCUT2D eigenvalue weighted by Gasteiger charge is 2.44. The van der Waals surface area contributed by atoms with E-state index in [4.69, 9.17) is 0 Å². The van der Waals surface area contributed by atoms with Gasteiger partial charge >= 0.3 is 0 Å². The minimum Gasteiger partial charge on any atom is -0.353 e. The number of hydrogen-bond donors (Lipinski definition) is 2. The molecule has 1 saturated carbocycles. The first-order valence-electron chi connectivity index (χ1n) is 7.41. The van der Waals surface area contributed by atoms with Gasteiger partial charge in [0, 0.05) is 16.4 Å². The number of amides is 1. The summed E-state index contributed by atoms with van der Waals surface area (Å²) in [6, 6.07) is 8.66. The van der Waals surface area contributed by atoms with Gasteiger partial charge in [0.1, 0.15) is 0 Å². The minimum absolute atomic E-state index is 0.173. The number of benzene rings is 1. The number of nitrogens with one attached hydrogen (secondary N) is 2. The number of piperidine rings is 1. The fourth-order valence-electron chi connectivity index (χ4n) is 3.11. The largest absolute Gasteiger partial charge is 0.353 e. The van der Waals surface area contributed by atoms with Gasteiger partial charge in [-0.25, -0.2) is 0 Å². The van der Waals surface area contributed by atoms with E-state index < -0.39 is 0 Å². The van der Waals surface area contributed by atoms with E-state index in [-0.39, 0.29) is 11.8 Å². The Kier molecular flexibility index (Phi) is 4.13. The molecule has 4 atom stereocenters. The monoisotopic (exact) mass is 336 g/mol. The average Bonchev–Trinajstić information content (AvgIpc) is 3.22. The topological polar surface area (TPSA) is 41.1 Å². The van der Waals surface area contributed by atoms with Crippen LogP contribution in [0.15, 0.2) is 28.7 Å². The van der Waals surface area contributed by atoms with Gasteiger partial charge in [0.05, 0.1) is 0 Å². The minimum atomic E-state index is 0.173. The van der Waals surface area contributed by atoms with Crippen molar-refractivity contribution in [3.63, 3.8) is 0 Å². The summed E-state index contributed by atoms with van der Waals surface area (Å²) in [4.78, 5) is 12.3. The Morgan fingerprint density at radius 1 is 1.45 bits per heavy atom. The van der Waals surface area contributed by atoms with Gasteiger partial charge < -0.3 is 10.6 Å². The van der Waals surface area contributed by atoms with Crippen molar-refractivity contribution in [2.24, 2.45) is 11.8 Å². The number of halogens is 1. The van der Waals surface area contributed by atoms with Crippen LogP contribution in [0.25, 0.3) is 0 Å². The molecule has 1 aliphatic heterocycles. The highest BCUT2D eigenvalue weighted by atomic mass is 79.9. The van der Waals surface area contributed by atoms with Gasteiger partial charge in [0.2, 0.25) is 5.91 Å². The molecule has 20 heavy (non-hydrogen) atoms. The van der Waals surface area contributed by atoms with Crippen LogP contribution in [-0.2, 0) is 4.79 Å². The van der Waals surface area contributed by atoms with E-state index in [1.165, 1.54) is 5.56 Å². The summed E-state index contributed by atoms with van der Waals surface area (Å²) in [5, 5.41) is 6.62. The SMILES string of the molecule is CC1CNCCC1NC(=O)C1CC1c1cccc(Br)c1. The number of carbonyl (C=O) groups is 1. The molecule has 0 aromatic heterocycles. The van der Waals surface area contributed by atoms with Gasteiger partial charge in [-0.05, 0) is 55.5 Å². The van der Waals surface area contributed by atoms with Crippen LogP contribution in [0.3, 0.4) is 0 Å². The lowest BCUT2D eigenvalue weighted by molar-refractivity contribution is -0.123. The molecule has 1 aliphatic carbocycles. The zero-order valence-electron chi connectivity index (χ0n) is 11.7. The fourth-order valence-corrected chi connectivity index (χ4v) is 3.53. The third kappa shape index (κ3) is 3.07. The quantitative estimate of drug-likeness (QED) is 0.890. The van der Waals surface area contributed by atoms with Crippen molar-refractivity contribution in [1.82, 2.24) is 10.6 Å². The van der Waals surface area contributed by atoms with Crippen molar-refractivity contribution in [1.29, 1.82) is 0 Å². The Hall–Kier alpha value is -0.870. The molecule has 2 N–H and O–H groups in total. The predicted octanol–water partition coefficient (Wildman–Crippen LogP) is 2.67. The fraction of sp³-hybridized carbons (Fsp3) is 0.562. The van der Waals surface area contributed by atoms with Crippen molar-refractivity contribution in [3.8, 4) is 0 Å². The molecule has 2 aliphatic rings. The van der Waals surface area contributed by atoms with E-state index in [1.54, 1.807) is 0 Å². The zero-order chi connectivity index (χ0) is 14.1. The van der Waals surface area contributed by atoms with Crippen LogP contribution >= 0.6 is 15.9 Å². The molecule has 4 heteroatoms. The summed E-state index contributed by atoms with van der Waals surface area (Å²) < 4.78 is 1.09. The first kappa shape index (κ1) is 14.1. The maximum Gasteiger partial charge on any atom is 0.223 e. The molecular weight excluding hydrogens is 316 g/mol. The lowest BCUT2D eigenvalue weighted by Gasteiger charge is -2.30. The van der Waals surface area contributed by atoms with E-state index >= 15 is 0 Å². The van der Waals surface area contributed by atoms with E-state index in [9.17, 15) is 4.79 Å². The van der Waals surface area contributed by atoms with Gasteiger partial charge in [0.25, 0.3) is 0 Å². The normalized spacial score (nSPS) is 32.7. The Morgan fingerprint density at radius 2 is 2.30 bits per heavy atom. The van der Waals surface area contributed by atoms with Crippen molar-refractivity contribution >= 4 is 21.8 Å². The highest BCUT2D eigenvalue weighted by molar-refractivity contribution is 9.10. The summed E-state index contributed by atoms with van der Waals surface area (Å²) >= 11 is 3.50. The molecule has 2 fully saturated rings. The van der Waals surface area contributed by atoms with Crippen molar-refractivity contribution < 1.29 is 4.79 Å². The van der Waals surface area contributed by atoms with Gasteiger partial charge in [-0.15, -0.1) is 0 Å². The summed E-state index contributed by atoms with van der Waals surface area (Å²) in [6.07, 6.45) is 2.03. The number of carbonyl (C=O) groups excluding carboxylic acids is 1. The molecular formula is C16H21BrN2O. The molecule has 0 radical (unpaired) electrons. The van der Waals surface area contributed by atoms with Crippen LogP contribution in [0.4, 0.5) is 0 Å². The number of hydrogen-bond acceptors (Lipinski definition) is 2. The highest BCUT2D eigenvalue weighted by Crippen LogP contribution is 2.48. The van der Waals surface area contributed by atoms with Gasteiger partial charge in [-0.2, -0.15) is 0 Å². The molecule has 4 unspecified atom stereocenters. The lowest BCUT2D eigenvalue weighted by Crippen LogP contribution is -2.48. The molecule has 1 amide bonds. The second kappa shape index (κ2) is 5.86. The summed E-state index contributed by atoms with van der Waals surface area (Å²) in [7, 11) is 0. The molecule has 1 aromatic carbocycles. The Morgan fingerprint density at radius 3 is 3.05 bits per heavy atom. The summed E-state index contributed by atoms with van der Waals surface area (Å²) in [5.74, 6) is 1.35. The first-order valence-corrected chi connectivity index (χ1v) is 8.21. The molecule has 3 rings (SSSR count). The maximum absolute atomic E-state index is 12.3. The van der Waals surface area contributed by atoms with Crippen molar-refractivity contribution in [2.75, 3.05) is 13.1 Å². The van der Waals surface area contributed by atoms with E-state index in [1.807, 2.05) is 12.1 Å². The molecule has 108 valence electrons. The molecule has 1 heterocycles. The average molecular weight is 337 g/mol. The molecule has 1 saturated heterocycles. The lowest BCUT2D eigenvalue weighted by atomic mass is 9.95. The Balaban J connectivity index is 1.57. The van der Waals surface area contributed by atoms with Gasteiger partial charge in [0.15, 0.2) is 0 Å². The van der Waals surface area contributed by atoms with Crippen LogP contribution in [0.2, 0.25) is 0 Å². The van der Waals surface area contributed by atoms with E-state index in [0.29, 0.717) is 17.9 Å². The second-order valence-corrected chi connectivity index (χ2v) is 7.00. The third-order valence-electron chi connectivity index (χ3n) is 4.52. The maximum atomic E-state index is 12.3. The Bertz CT molecular complexity index is 505. The van der Waals surface area contributed by atoms with E-state index in [2.05, 4.69) is 45.6 Å². The van der Waals surface area contributed by atoms with Gasteiger partial charge in [-0.3, -0.25) is 4.79 Å². The van der Waals surface area contributed by atoms with Gasteiger partial charge in [-0.1, -0.05) is 35.0 Å². The second-order valence-electron chi connectivity index (χ2n) is 6.09. The molecule has 0 bridgehead atoms. The van der Waals surface area contributed by atoms with Crippen LogP contribution < -0.4 is 10.6 Å².